The summed E-state index contributed by atoms with van der Waals surface area (Å²) in [5.41, 5.74) is 0.902. The van der Waals surface area contributed by atoms with Crippen LogP contribution < -0.4 is 5.32 Å². The number of rotatable bonds is 6. The maximum absolute atomic E-state index is 10.8. The number of hydrogen-bond donors (Lipinski definition) is 2. The first-order valence-electron chi connectivity index (χ1n) is 6.50. The van der Waals surface area contributed by atoms with E-state index >= 15 is 0 Å². The van der Waals surface area contributed by atoms with Gasteiger partial charge in [0.2, 0.25) is 5.76 Å². The maximum atomic E-state index is 10.8. The number of nitrogens with one attached hydrogen (secondary N) is 1. The van der Waals surface area contributed by atoms with E-state index in [4.69, 9.17) is 14.3 Å². The smallest absolute Gasteiger partial charge is 0.371 e. The van der Waals surface area contributed by atoms with Gasteiger partial charge in [-0.05, 0) is 13.0 Å². The van der Waals surface area contributed by atoms with E-state index in [-0.39, 0.29) is 5.76 Å². The molecule has 6 heteroatoms. The Hall–Kier alpha value is -1.37. The summed E-state index contributed by atoms with van der Waals surface area (Å²) < 4.78 is 10.4. The molecule has 0 unspecified atom stereocenters. The third kappa shape index (κ3) is 4.05. The Morgan fingerprint density at radius 3 is 2.84 bits per heavy atom. The quantitative estimate of drug-likeness (QED) is 0.740. The number of aryl methyl sites for hydroxylation is 1. The summed E-state index contributed by atoms with van der Waals surface area (Å²) >= 11 is 0. The number of carboxylic acids is 1. The first kappa shape index (κ1) is 14.0. The molecule has 2 rings (SSSR count). The second-order valence-corrected chi connectivity index (χ2v) is 4.63. The Bertz CT molecular complexity index is 424. The van der Waals surface area contributed by atoms with Crippen LogP contribution in [0.5, 0.6) is 0 Å². The Kier molecular flexibility index (Phi) is 4.95. The Balaban J connectivity index is 1.71. The number of morpholine rings is 1. The minimum atomic E-state index is -1.03. The van der Waals surface area contributed by atoms with Crippen molar-refractivity contribution < 1.29 is 19.1 Å². The molecular formula is C13H20N2O4. The molecule has 19 heavy (non-hydrogen) atoms. The first-order valence-corrected chi connectivity index (χ1v) is 6.50. The van der Waals surface area contributed by atoms with Crippen LogP contribution >= 0.6 is 0 Å². The molecule has 0 aromatic carbocycles. The van der Waals surface area contributed by atoms with Gasteiger partial charge in [-0.3, -0.25) is 4.90 Å². The SMILES string of the molecule is Cc1oc(C(=O)O)cc1CNCCN1CCOCC1. The summed E-state index contributed by atoms with van der Waals surface area (Å²) in [6.07, 6.45) is 0. The number of carbonyl (C=O) groups is 1. The van der Waals surface area contributed by atoms with Gasteiger partial charge in [0.25, 0.3) is 0 Å². The zero-order valence-electron chi connectivity index (χ0n) is 11.1. The molecule has 0 bridgehead atoms. The van der Waals surface area contributed by atoms with Gasteiger partial charge in [0.1, 0.15) is 5.76 Å². The van der Waals surface area contributed by atoms with Crippen LogP contribution in [0.1, 0.15) is 21.9 Å². The summed E-state index contributed by atoms with van der Waals surface area (Å²) in [5.74, 6) is -0.360. The normalized spacial score (nSPS) is 16.7. The highest BCUT2D eigenvalue weighted by Gasteiger charge is 2.13. The van der Waals surface area contributed by atoms with Crippen LogP contribution in [0.2, 0.25) is 0 Å². The molecule has 0 atom stereocenters. The lowest BCUT2D eigenvalue weighted by Gasteiger charge is -2.26. The highest BCUT2D eigenvalue weighted by atomic mass is 16.5. The number of ether oxygens (including phenoxy) is 1. The van der Waals surface area contributed by atoms with Crippen molar-refractivity contribution in [1.29, 1.82) is 0 Å². The van der Waals surface area contributed by atoms with Crippen LogP contribution in [0.4, 0.5) is 0 Å². The molecule has 1 aromatic rings. The van der Waals surface area contributed by atoms with Crippen molar-refractivity contribution in [3.05, 3.63) is 23.2 Å². The third-order valence-corrected chi connectivity index (χ3v) is 3.26. The summed E-state index contributed by atoms with van der Waals surface area (Å²) in [5, 5.41) is 12.1. The molecule has 0 saturated carbocycles. The molecule has 0 spiro atoms. The maximum Gasteiger partial charge on any atom is 0.371 e. The van der Waals surface area contributed by atoms with Gasteiger partial charge in [0, 0.05) is 38.3 Å². The molecule has 1 aliphatic rings. The van der Waals surface area contributed by atoms with Crippen molar-refractivity contribution in [2.24, 2.45) is 0 Å². The van der Waals surface area contributed by atoms with Crippen molar-refractivity contribution in [2.75, 3.05) is 39.4 Å². The fourth-order valence-electron chi connectivity index (χ4n) is 2.09. The standard InChI is InChI=1S/C13H20N2O4/c1-10-11(8-12(19-10)13(16)17)9-14-2-3-15-4-6-18-7-5-15/h8,14H,2-7,9H2,1H3,(H,16,17). The number of hydrogen-bond acceptors (Lipinski definition) is 5. The van der Waals surface area contributed by atoms with E-state index in [1.54, 1.807) is 13.0 Å². The Morgan fingerprint density at radius 2 is 2.21 bits per heavy atom. The van der Waals surface area contributed by atoms with Gasteiger partial charge in [0.15, 0.2) is 0 Å². The fourth-order valence-corrected chi connectivity index (χ4v) is 2.09. The van der Waals surface area contributed by atoms with Crippen LogP contribution in [0.25, 0.3) is 0 Å². The van der Waals surface area contributed by atoms with E-state index < -0.39 is 5.97 Å². The third-order valence-electron chi connectivity index (χ3n) is 3.26. The number of carboxylic acid groups (broad SMARTS) is 1. The van der Waals surface area contributed by atoms with E-state index in [0.717, 1.165) is 45.0 Å². The van der Waals surface area contributed by atoms with Gasteiger partial charge in [-0.2, -0.15) is 0 Å². The number of furan rings is 1. The van der Waals surface area contributed by atoms with Gasteiger partial charge in [0.05, 0.1) is 13.2 Å². The van der Waals surface area contributed by atoms with Crippen molar-refractivity contribution in [1.82, 2.24) is 10.2 Å². The van der Waals surface area contributed by atoms with Gasteiger partial charge in [-0.15, -0.1) is 0 Å². The van der Waals surface area contributed by atoms with Crippen LogP contribution in [0.3, 0.4) is 0 Å². The van der Waals surface area contributed by atoms with Gasteiger partial charge < -0.3 is 19.6 Å². The molecule has 1 aromatic heterocycles. The van der Waals surface area contributed by atoms with Gasteiger partial charge in [-0.1, -0.05) is 0 Å². The molecule has 1 aliphatic heterocycles. The lowest BCUT2D eigenvalue weighted by atomic mass is 10.2. The van der Waals surface area contributed by atoms with Gasteiger partial charge in [-0.25, -0.2) is 4.79 Å². The average Bonchev–Trinajstić information content (AvgIpc) is 2.78. The molecule has 0 amide bonds. The zero-order chi connectivity index (χ0) is 13.7. The molecule has 0 radical (unpaired) electrons. The molecule has 1 saturated heterocycles. The zero-order valence-corrected chi connectivity index (χ0v) is 11.1. The highest BCUT2D eigenvalue weighted by Crippen LogP contribution is 2.14. The Morgan fingerprint density at radius 1 is 1.47 bits per heavy atom. The molecular weight excluding hydrogens is 248 g/mol. The van der Waals surface area contributed by atoms with E-state index in [1.807, 2.05) is 0 Å². The highest BCUT2D eigenvalue weighted by molar-refractivity contribution is 5.84. The second kappa shape index (κ2) is 6.70. The van der Waals surface area contributed by atoms with Crippen molar-refractivity contribution >= 4 is 5.97 Å². The Labute approximate surface area is 112 Å². The van der Waals surface area contributed by atoms with Crippen LogP contribution in [-0.2, 0) is 11.3 Å². The summed E-state index contributed by atoms with van der Waals surface area (Å²) in [4.78, 5) is 13.1. The molecule has 0 aliphatic carbocycles. The van der Waals surface area contributed by atoms with Crippen molar-refractivity contribution in [2.45, 2.75) is 13.5 Å². The first-order chi connectivity index (χ1) is 9.16. The second-order valence-electron chi connectivity index (χ2n) is 4.63. The van der Waals surface area contributed by atoms with E-state index in [9.17, 15) is 4.79 Å². The molecule has 1 fully saturated rings. The van der Waals surface area contributed by atoms with Crippen molar-refractivity contribution in [3.63, 3.8) is 0 Å². The topological polar surface area (TPSA) is 74.9 Å². The van der Waals surface area contributed by atoms with Crippen LogP contribution in [0, 0.1) is 6.92 Å². The minimum absolute atomic E-state index is 0.00230. The van der Waals surface area contributed by atoms with Crippen LogP contribution in [-0.4, -0.2) is 55.4 Å². The predicted octanol–water partition coefficient (Wildman–Crippen LogP) is 0.708. The molecule has 6 nitrogen and oxygen atoms in total. The van der Waals surface area contributed by atoms with Crippen LogP contribution in [0.15, 0.2) is 10.5 Å². The molecule has 2 heterocycles. The van der Waals surface area contributed by atoms with Crippen molar-refractivity contribution in [3.8, 4) is 0 Å². The van der Waals surface area contributed by atoms with E-state index in [0.29, 0.717) is 12.3 Å². The summed E-state index contributed by atoms with van der Waals surface area (Å²) in [6.45, 7) is 7.84. The lowest BCUT2D eigenvalue weighted by molar-refractivity contribution is 0.0384. The summed E-state index contributed by atoms with van der Waals surface area (Å²) in [7, 11) is 0. The monoisotopic (exact) mass is 268 g/mol. The number of aromatic carboxylic acids is 1. The number of nitrogens with zero attached hydrogens (tertiary/aromatic N) is 1. The average molecular weight is 268 g/mol. The largest absolute Gasteiger partial charge is 0.475 e. The molecule has 106 valence electrons. The van der Waals surface area contributed by atoms with Gasteiger partial charge >= 0.3 is 5.97 Å². The predicted molar refractivity (Wildman–Crippen MR) is 69.4 cm³/mol. The fraction of sp³-hybridized carbons (Fsp3) is 0.615. The van der Waals surface area contributed by atoms with E-state index in [2.05, 4.69) is 10.2 Å². The molecule has 2 N–H and O–H groups in total. The summed E-state index contributed by atoms with van der Waals surface area (Å²) in [6, 6.07) is 1.58. The minimum Gasteiger partial charge on any atom is -0.475 e. The lowest BCUT2D eigenvalue weighted by Crippen LogP contribution is -2.40. The van der Waals surface area contributed by atoms with E-state index in [1.165, 1.54) is 0 Å².